The molecule has 0 N–H and O–H groups in total. The van der Waals surface area contributed by atoms with Crippen LogP contribution in [0.2, 0.25) is 0 Å². The van der Waals surface area contributed by atoms with Gasteiger partial charge in [-0.2, -0.15) is 0 Å². The summed E-state index contributed by atoms with van der Waals surface area (Å²) < 4.78 is 15.5. The zero-order valence-electron chi connectivity index (χ0n) is 16.5. The number of rotatable bonds is 5. The maximum atomic E-state index is 11.9. The summed E-state index contributed by atoms with van der Waals surface area (Å²) in [7, 11) is 1.33. The predicted octanol–water partition coefficient (Wildman–Crippen LogP) is 4.72. The first-order valence-electron chi connectivity index (χ1n) is 9.53. The Labute approximate surface area is 182 Å². The van der Waals surface area contributed by atoms with Crippen molar-refractivity contribution in [1.29, 1.82) is 0 Å². The topological polar surface area (TPSA) is 83.4 Å². The molecular formula is C23H17N3O4S. The zero-order chi connectivity index (χ0) is 21.2. The summed E-state index contributed by atoms with van der Waals surface area (Å²) in [6.45, 7) is 0.273. The molecule has 4 aromatic rings. The van der Waals surface area contributed by atoms with Crippen LogP contribution in [0.25, 0.3) is 33.2 Å². The van der Waals surface area contributed by atoms with E-state index in [0.717, 1.165) is 10.4 Å². The second-order valence-electron chi connectivity index (χ2n) is 6.73. The minimum atomic E-state index is -0.494. The summed E-state index contributed by atoms with van der Waals surface area (Å²) in [4.78, 5) is 27.0. The number of carbonyl (C=O) groups is 1. The molecular weight excluding hydrogens is 414 g/mol. The summed E-state index contributed by atoms with van der Waals surface area (Å²) in [5, 5.41) is 2.02. The number of hydrogen-bond donors (Lipinski definition) is 0. The third kappa shape index (κ3) is 3.96. The highest BCUT2D eigenvalue weighted by molar-refractivity contribution is 7.13. The number of hydrogen-bond acceptors (Lipinski definition) is 8. The lowest BCUT2D eigenvalue weighted by atomic mass is 10.1. The van der Waals surface area contributed by atoms with E-state index in [4.69, 9.17) is 19.2 Å². The molecule has 154 valence electrons. The SMILES string of the molecule is COC(=O)c1cccc(-c2cc(-c3cccs3)cc(-c3cccc(C4OCO4)n3)n2)n1. The van der Waals surface area contributed by atoms with Crippen LogP contribution in [0.15, 0.2) is 66.0 Å². The van der Waals surface area contributed by atoms with Gasteiger partial charge in [-0.1, -0.05) is 18.2 Å². The van der Waals surface area contributed by atoms with Crippen molar-refractivity contribution in [3.05, 3.63) is 77.4 Å². The first kappa shape index (κ1) is 19.5. The summed E-state index contributed by atoms with van der Waals surface area (Å²) in [5.41, 5.74) is 4.50. The molecule has 8 heteroatoms. The summed E-state index contributed by atoms with van der Waals surface area (Å²) in [6.07, 6.45) is -0.446. The van der Waals surface area contributed by atoms with Crippen molar-refractivity contribution in [3.63, 3.8) is 0 Å². The van der Waals surface area contributed by atoms with E-state index in [0.29, 0.717) is 28.5 Å². The summed E-state index contributed by atoms with van der Waals surface area (Å²) >= 11 is 1.63. The molecule has 5 heterocycles. The third-order valence-corrected chi connectivity index (χ3v) is 5.67. The summed E-state index contributed by atoms with van der Waals surface area (Å²) in [5.74, 6) is -0.494. The number of thiophene rings is 1. The molecule has 31 heavy (non-hydrogen) atoms. The fraction of sp³-hybridized carbons (Fsp3) is 0.130. The van der Waals surface area contributed by atoms with Crippen LogP contribution < -0.4 is 0 Å². The van der Waals surface area contributed by atoms with Crippen LogP contribution in [-0.2, 0) is 14.2 Å². The lowest BCUT2D eigenvalue weighted by molar-refractivity contribution is -0.328. The highest BCUT2D eigenvalue weighted by atomic mass is 32.1. The number of aromatic nitrogens is 3. The minimum absolute atomic E-state index is 0.226. The minimum Gasteiger partial charge on any atom is -0.464 e. The van der Waals surface area contributed by atoms with Crippen molar-refractivity contribution >= 4 is 17.3 Å². The number of carbonyl (C=O) groups excluding carboxylic acids is 1. The van der Waals surface area contributed by atoms with E-state index in [2.05, 4.69) is 9.97 Å². The van der Waals surface area contributed by atoms with Gasteiger partial charge in [0.2, 0.25) is 6.29 Å². The van der Waals surface area contributed by atoms with Gasteiger partial charge in [0.15, 0.2) is 6.79 Å². The molecule has 0 unspecified atom stereocenters. The molecule has 0 spiro atoms. The van der Waals surface area contributed by atoms with E-state index in [1.165, 1.54) is 7.11 Å². The van der Waals surface area contributed by atoms with Crippen molar-refractivity contribution < 1.29 is 19.0 Å². The Morgan fingerprint density at radius 3 is 2.32 bits per heavy atom. The molecule has 1 aliphatic heterocycles. The van der Waals surface area contributed by atoms with Gasteiger partial charge in [0.1, 0.15) is 5.69 Å². The first-order valence-corrected chi connectivity index (χ1v) is 10.4. The van der Waals surface area contributed by atoms with E-state index in [-0.39, 0.29) is 12.5 Å². The van der Waals surface area contributed by atoms with Crippen LogP contribution in [0.1, 0.15) is 22.5 Å². The molecule has 1 saturated heterocycles. The average Bonchev–Trinajstić information content (AvgIpc) is 3.32. The second-order valence-corrected chi connectivity index (χ2v) is 7.68. The van der Waals surface area contributed by atoms with Crippen molar-refractivity contribution in [1.82, 2.24) is 15.0 Å². The number of esters is 1. The highest BCUT2D eigenvalue weighted by Crippen LogP contribution is 2.32. The Hall–Kier alpha value is -3.46. The monoisotopic (exact) mass is 431 g/mol. The van der Waals surface area contributed by atoms with Gasteiger partial charge in [-0.15, -0.1) is 11.3 Å². The fourth-order valence-electron chi connectivity index (χ4n) is 3.21. The van der Waals surface area contributed by atoms with Gasteiger partial charge in [-0.05, 0) is 53.4 Å². The van der Waals surface area contributed by atoms with Gasteiger partial charge in [0.25, 0.3) is 0 Å². The average molecular weight is 431 g/mol. The van der Waals surface area contributed by atoms with Crippen molar-refractivity contribution in [2.45, 2.75) is 6.29 Å². The largest absolute Gasteiger partial charge is 0.464 e. The number of pyridine rings is 3. The van der Waals surface area contributed by atoms with Crippen molar-refractivity contribution in [2.24, 2.45) is 0 Å². The third-order valence-electron chi connectivity index (χ3n) is 4.75. The maximum absolute atomic E-state index is 11.9. The molecule has 5 rings (SSSR count). The van der Waals surface area contributed by atoms with Gasteiger partial charge < -0.3 is 14.2 Å². The van der Waals surface area contributed by atoms with Gasteiger partial charge in [-0.3, -0.25) is 0 Å². The standard InChI is InChI=1S/C23H17N3O4S/c1-28-22(27)17-7-2-5-15(24-17)19-11-14(21-9-4-10-31-21)12-20(26-19)16-6-3-8-18(25-16)23-29-13-30-23/h2-12,23H,13H2,1H3. The Bertz CT molecular complexity index is 1240. The lowest BCUT2D eigenvalue weighted by Gasteiger charge is -2.26. The van der Waals surface area contributed by atoms with Crippen LogP contribution in [0, 0.1) is 0 Å². The number of nitrogens with zero attached hydrogens (tertiary/aromatic N) is 3. The molecule has 0 aromatic carbocycles. The molecule has 4 aromatic heterocycles. The zero-order valence-corrected chi connectivity index (χ0v) is 17.3. The fourth-order valence-corrected chi connectivity index (χ4v) is 3.92. The van der Waals surface area contributed by atoms with E-state index >= 15 is 0 Å². The van der Waals surface area contributed by atoms with Gasteiger partial charge in [0.05, 0.1) is 35.6 Å². The lowest BCUT2D eigenvalue weighted by Crippen LogP contribution is -2.23. The van der Waals surface area contributed by atoms with E-state index in [1.54, 1.807) is 23.5 Å². The van der Waals surface area contributed by atoms with E-state index in [1.807, 2.05) is 53.9 Å². The van der Waals surface area contributed by atoms with Gasteiger partial charge >= 0.3 is 5.97 Å². The Kier molecular flexibility index (Phi) is 5.25. The molecule has 0 saturated carbocycles. The smallest absolute Gasteiger partial charge is 0.356 e. The van der Waals surface area contributed by atoms with Crippen LogP contribution in [0.5, 0.6) is 0 Å². The van der Waals surface area contributed by atoms with E-state index in [9.17, 15) is 4.79 Å². The van der Waals surface area contributed by atoms with Crippen LogP contribution in [-0.4, -0.2) is 34.8 Å². The maximum Gasteiger partial charge on any atom is 0.356 e. The molecule has 0 radical (unpaired) electrons. The Morgan fingerprint density at radius 2 is 1.68 bits per heavy atom. The predicted molar refractivity (Wildman–Crippen MR) is 115 cm³/mol. The van der Waals surface area contributed by atoms with Gasteiger partial charge in [-0.25, -0.2) is 19.7 Å². The van der Waals surface area contributed by atoms with Crippen LogP contribution >= 0.6 is 11.3 Å². The highest BCUT2D eigenvalue weighted by Gasteiger charge is 2.23. The van der Waals surface area contributed by atoms with Crippen LogP contribution in [0.3, 0.4) is 0 Å². The molecule has 1 fully saturated rings. The normalized spacial score (nSPS) is 13.6. The number of ether oxygens (including phenoxy) is 3. The first-order chi connectivity index (χ1) is 15.2. The summed E-state index contributed by atoms with van der Waals surface area (Å²) in [6, 6.07) is 18.8. The Morgan fingerprint density at radius 1 is 0.935 bits per heavy atom. The molecule has 1 aliphatic rings. The quantitative estimate of drug-likeness (QED) is 0.423. The van der Waals surface area contributed by atoms with Crippen molar-refractivity contribution in [2.75, 3.05) is 13.9 Å². The van der Waals surface area contributed by atoms with Crippen molar-refractivity contribution in [3.8, 4) is 33.2 Å². The van der Waals surface area contributed by atoms with E-state index < -0.39 is 12.3 Å². The number of methoxy groups -OCH3 is 1. The molecule has 0 atom stereocenters. The Balaban J connectivity index is 1.63. The molecule has 7 nitrogen and oxygen atoms in total. The van der Waals surface area contributed by atoms with Crippen LogP contribution in [0.4, 0.5) is 0 Å². The second kappa shape index (κ2) is 8.35. The molecule has 0 bridgehead atoms. The molecule has 0 aliphatic carbocycles. The molecule has 0 amide bonds. The van der Waals surface area contributed by atoms with Gasteiger partial charge in [0, 0.05) is 4.88 Å².